The maximum atomic E-state index is 10.6. The standard InChI is InChI=1S/C17H28N2O2.ClH/c1-2-3-4-5-7-14-18-15-8-6-9-16-10-12-17(13-11-16)19(20)21;/h10-13,18H,2-9,14-15H2,1H3;1H. The van der Waals surface area contributed by atoms with Crippen molar-refractivity contribution in [3.63, 3.8) is 0 Å². The first-order chi connectivity index (χ1) is 10.2. The number of rotatable bonds is 12. The first-order valence-corrected chi connectivity index (χ1v) is 8.29. The van der Waals surface area contributed by atoms with Crippen LogP contribution in [0.15, 0.2) is 24.3 Å². The summed E-state index contributed by atoms with van der Waals surface area (Å²) in [6.07, 6.45) is 10.2. The fraction of sp³-hybridized carbons (Fsp3) is 0.647. The molecule has 0 bridgehead atoms. The molecule has 0 aliphatic rings. The van der Waals surface area contributed by atoms with Crippen molar-refractivity contribution in [1.29, 1.82) is 0 Å². The number of non-ortho nitro benzene ring substituents is 1. The molecule has 0 aliphatic heterocycles. The third kappa shape index (κ3) is 9.74. The van der Waals surface area contributed by atoms with Crippen LogP contribution in [0.4, 0.5) is 5.69 Å². The molecule has 5 heteroatoms. The van der Waals surface area contributed by atoms with E-state index in [1.54, 1.807) is 12.1 Å². The van der Waals surface area contributed by atoms with Crippen molar-refractivity contribution in [2.45, 2.75) is 58.3 Å². The smallest absolute Gasteiger partial charge is 0.269 e. The Morgan fingerprint density at radius 2 is 1.55 bits per heavy atom. The molecule has 0 saturated carbocycles. The Hall–Kier alpha value is -1.13. The van der Waals surface area contributed by atoms with Crippen LogP contribution < -0.4 is 17.7 Å². The van der Waals surface area contributed by atoms with Gasteiger partial charge in [0.2, 0.25) is 0 Å². The van der Waals surface area contributed by atoms with Gasteiger partial charge in [0, 0.05) is 12.1 Å². The molecule has 0 unspecified atom stereocenters. The SMILES string of the molecule is CCCCCCC[NH2+]CCCCc1ccc([N+](=O)[O-])cc1.[Cl-]. The van der Waals surface area contributed by atoms with Crippen LogP contribution in [0, 0.1) is 10.1 Å². The third-order valence-electron chi connectivity index (χ3n) is 3.78. The van der Waals surface area contributed by atoms with E-state index in [1.165, 1.54) is 57.2 Å². The van der Waals surface area contributed by atoms with Crippen LogP contribution in [0.5, 0.6) is 0 Å². The van der Waals surface area contributed by atoms with Crippen LogP contribution in [0.25, 0.3) is 0 Å². The number of benzene rings is 1. The predicted molar refractivity (Wildman–Crippen MR) is 86.5 cm³/mol. The zero-order valence-corrected chi connectivity index (χ0v) is 14.4. The number of unbranched alkanes of at least 4 members (excludes halogenated alkanes) is 5. The molecule has 1 rings (SSSR count). The Bertz CT molecular complexity index is 396. The first kappa shape index (κ1) is 20.9. The molecule has 0 amide bonds. The minimum absolute atomic E-state index is 0. The van der Waals surface area contributed by atoms with Gasteiger partial charge in [-0.3, -0.25) is 10.1 Å². The predicted octanol–water partition coefficient (Wildman–Crippen LogP) is 0.455. The van der Waals surface area contributed by atoms with Gasteiger partial charge in [-0.05, 0) is 37.7 Å². The lowest BCUT2D eigenvalue weighted by Crippen LogP contribution is -3.00. The van der Waals surface area contributed by atoms with Gasteiger partial charge < -0.3 is 17.7 Å². The average Bonchev–Trinajstić information content (AvgIpc) is 2.49. The Balaban J connectivity index is 0.00000441. The van der Waals surface area contributed by atoms with Crippen molar-refractivity contribution < 1.29 is 22.6 Å². The quantitative estimate of drug-likeness (QED) is 0.344. The molecule has 0 aliphatic carbocycles. The van der Waals surface area contributed by atoms with Gasteiger partial charge in [0.05, 0.1) is 18.0 Å². The molecule has 126 valence electrons. The number of hydrogen-bond acceptors (Lipinski definition) is 2. The molecule has 0 saturated heterocycles. The lowest BCUT2D eigenvalue weighted by Gasteiger charge is -2.03. The van der Waals surface area contributed by atoms with Gasteiger partial charge in [-0.1, -0.05) is 38.3 Å². The van der Waals surface area contributed by atoms with Crippen LogP contribution in [0.3, 0.4) is 0 Å². The van der Waals surface area contributed by atoms with E-state index in [-0.39, 0.29) is 23.0 Å². The number of halogens is 1. The number of quaternary nitrogens is 1. The molecule has 0 atom stereocenters. The minimum atomic E-state index is -0.348. The van der Waals surface area contributed by atoms with E-state index in [2.05, 4.69) is 12.2 Å². The van der Waals surface area contributed by atoms with Crippen molar-refractivity contribution in [1.82, 2.24) is 0 Å². The van der Waals surface area contributed by atoms with Crippen molar-refractivity contribution in [3.05, 3.63) is 39.9 Å². The van der Waals surface area contributed by atoms with Gasteiger partial charge in [-0.2, -0.15) is 0 Å². The van der Waals surface area contributed by atoms with Crippen LogP contribution in [0.2, 0.25) is 0 Å². The molecular formula is C17H29ClN2O2. The van der Waals surface area contributed by atoms with Gasteiger partial charge in [0.25, 0.3) is 5.69 Å². The van der Waals surface area contributed by atoms with Crippen LogP contribution in [-0.4, -0.2) is 18.0 Å². The van der Waals surface area contributed by atoms with Crippen molar-refractivity contribution in [2.75, 3.05) is 13.1 Å². The van der Waals surface area contributed by atoms with E-state index in [0.29, 0.717) is 0 Å². The van der Waals surface area contributed by atoms with E-state index in [9.17, 15) is 10.1 Å². The molecule has 0 radical (unpaired) electrons. The van der Waals surface area contributed by atoms with Gasteiger partial charge in [-0.15, -0.1) is 0 Å². The highest BCUT2D eigenvalue weighted by atomic mass is 35.5. The van der Waals surface area contributed by atoms with Crippen LogP contribution in [-0.2, 0) is 6.42 Å². The Labute approximate surface area is 140 Å². The average molecular weight is 329 g/mol. The molecular weight excluding hydrogens is 300 g/mol. The summed E-state index contributed by atoms with van der Waals surface area (Å²) in [5.41, 5.74) is 1.37. The highest BCUT2D eigenvalue weighted by Gasteiger charge is 2.03. The number of hydrogen-bond donors (Lipinski definition) is 1. The summed E-state index contributed by atoms with van der Waals surface area (Å²) < 4.78 is 0. The maximum absolute atomic E-state index is 10.6. The minimum Gasteiger partial charge on any atom is -1.00 e. The molecule has 0 fully saturated rings. The molecule has 1 aromatic rings. The summed E-state index contributed by atoms with van der Waals surface area (Å²) in [6.45, 7) is 4.69. The van der Waals surface area contributed by atoms with Crippen molar-refractivity contribution in [2.24, 2.45) is 0 Å². The second-order valence-corrected chi connectivity index (χ2v) is 5.66. The van der Waals surface area contributed by atoms with Gasteiger partial charge in [0.15, 0.2) is 0 Å². The van der Waals surface area contributed by atoms with Gasteiger partial charge in [-0.25, -0.2) is 0 Å². The fourth-order valence-electron chi connectivity index (χ4n) is 2.44. The number of nitrogens with two attached hydrogens (primary N) is 1. The summed E-state index contributed by atoms with van der Waals surface area (Å²) >= 11 is 0. The van der Waals surface area contributed by atoms with Crippen molar-refractivity contribution >= 4 is 5.69 Å². The Kier molecular flexibility index (Phi) is 12.8. The van der Waals surface area contributed by atoms with E-state index >= 15 is 0 Å². The fourth-order valence-corrected chi connectivity index (χ4v) is 2.44. The van der Waals surface area contributed by atoms with Gasteiger partial charge in [0.1, 0.15) is 0 Å². The van der Waals surface area contributed by atoms with E-state index in [4.69, 9.17) is 0 Å². The van der Waals surface area contributed by atoms with Crippen LogP contribution in [0.1, 0.15) is 57.4 Å². The van der Waals surface area contributed by atoms with E-state index in [0.717, 1.165) is 12.8 Å². The molecule has 0 heterocycles. The van der Waals surface area contributed by atoms with E-state index < -0.39 is 0 Å². The van der Waals surface area contributed by atoms with Gasteiger partial charge >= 0.3 is 0 Å². The summed E-state index contributed by atoms with van der Waals surface area (Å²) in [4.78, 5) is 10.2. The Morgan fingerprint density at radius 1 is 0.955 bits per heavy atom. The normalized spacial score (nSPS) is 10.2. The number of nitro groups is 1. The molecule has 1 aromatic carbocycles. The second-order valence-electron chi connectivity index (χ2n) is 5.66. The number of nitrogens with zero attached hydrogens (tertiary/aromatic N) is 1. The Morgan fingerprint density at radius 3 is 2.14 bits per heavy atom. The molecule has 22 heavy (non-hydrogen) atoms. The maximum Gasteiger partial charge on any atom is 0.269 e. The molecule has 0 aromatic heterocycles. The largest absolute Gasteiger partial charge is 1.00 e. The lowest BCUT2D eigenvalue weighted by atomic mass is 10.1. The summed E-state index contributed by atoms with van der Waals surface area (Å²) in [7, 11) is 0. The molecule has 2 N–H and O–H groups in total. The summed E-state index contributed by atoms with van der Waals surface area (Å²) in [5.74, 6) is 0. The number of aryl methyl sites for hydroxylation is 1. The molecule has 4 nitrogen and oxygen atoms in total. The molecule has 0 spiro atoms. The van der Waals surface area contributed by atoms with Crippen molar-refractivity contribution in [3.8, 4) is 0 Å². The summed E-state index contributed by atoms with van der Waals surface area (Å²) in [5, 5.41) is 13.0. The zero-order valence-electron chi connectivity index (χ0n) is 13.6. The lowest BCUT2D eigenvalue weighted by molar-refractivity contribution is -0.655. The topological polar surface area (TPSA) is 59.8 Å². The highest BCUT2D eigenvalue weighted by Crippen LogP contribution is 2.13. The highest BCUT2D eigenvalue weighted by molar-refractivity contribution is 5.32. The summed E-state index contributed by atoms with van der Waals surface area (Å²) in [6, 6.07) is 6.93. The third-order valence-corrected chi connectivity index (χ3v) is 3.78. The number of nitro benzene ring substituents is 1. The van der Waals surface area contributed by atoms with Crippen LogP contribution >= 0.6 is 0 Å². The first-order valence-electron chi connectivity index (χ1n) is 8.29. The second kappa shape index (κ2) is 13.5. The monoisotopic (exact) mass is 328 g/mol. The van der Waals surface area contributed by atoms with E-state index in [1.807, 2.05) is 12.1 Å². The zero-order chi connectivity index (χ0) is 15.3.